The minimum atomic E-state index is -0.501. The van der Waals surface area contributed by atoms with Gasteiger partial charge in [0.25, 0.3) is 0 Å². The summed E-state index contributed by atoms with van der Waals surface area (Å²) >= 11 is 0. The third-order valence-corrected chi connectivity index (χ3v) is 5.45. The van der Waals surface area contributed by atoms with Crippen molar-refractivity contribution in [2.45, 2.75) is 83.9 Å². The zero-order valence-corrected chi connectivity index (χ0v) is 16.7. The summed E-state index contributed by atoms with van der Waals surface area (Å²) in [4.78, 5) is 21.8. The van der Waals surface area contributed by atoms with Crippen molar-refractivity contribution in [1.29, 1.82) is 0 Å². The molecule has 2 heterocycles. The van der Waals surface area contributed by atoms with Crippen LogP contribution in [0.25, 0.3) is 0 Å². The Balaban J connectivity index is 1.81. The third-order valence-electron chi connectivity index (χ3n) is 5.45. The fourth-order valence-electron chi connectivity index (χ4n) is 4.22. The molecule has 0 spiro atoms. The molecule has 3 rings (SSSR count). The van der Waals surface area contributed by atoms with Crippen molar-refractivity contribution >= 4 is 11.9 Å². The van der Waals surface area contributed by atoms with Crippen LogP contribution in [-0.4, -0.2) is 40.7 Å². The summed E-state index contributed by atoms with van der Waals surface area (Å²) in [5.74, 6) is 0.718. The second-order valence-electron chi connectivity index (χ2n) is 8.52. The van der Waals surface area contributed by atoms with E-state index < -0.39 is 5.60 Å². The van der Waals surface area contributed by atoms with Gasteiger partial charge in [-0.05, 0) is 71.2 Å². The number of pyridine rings is 1. The molecule has 1 aromatic heterocycles. The van der Waals surface area contributed by atoms with Crippen LogP contribution in [0.3, 0.4) is 0 Å². The highest BCUT2D eigenvalue weighted by atomic mass is 16.6. The van der Waals surface area contributed by atoms with Gasteiger partial charge in [0, 0.05) is 18.3 Å². The zero-order valence-electron chi connectivity index (χ0n) is 16.7. The van der Waals surface area contributed by atoms with E-state index in [4.69, 9.17) is 4.74 Å². The van der Waals surface area contributed by atoms with Crippen molar-refractivity contribution in [2.24, 2.45) is 0 Å². The summed E-state index contributed by atoms with van der Waals surface area (Å²) < 4.78 is 5.67. The Kier molecular flexibility index (Phi) is 5.86. The van der Waals surface area contributed by atoms with Gasteiger partial charge in [-0.25, -0.2) is 9.78 Å². The number of ether oxygens (including phenoxy) is 1. The fourth-order valence-corrected chi connectivity index (χ4v) is 4.22. The second kappa shape index (κ2) is 7.95. The van der Waals surface area contributed by atoms with Crippen LogP contribution >= 0.6 is 0 Å². The van der Waals surface area contributed by atoms with Crippen LogP contribution < -0.4 is 4.90 Å². The van der Waals surface area contributed by atoms with Gasteiger partial charge in [-0.2, -0.15) is 0 Å². The second-order valence-corrected chi connectivity index (χ2v) is 8.52. The molecule has 2 fully saturated rings. The SMILES string of the molecule is CCN1CCC[C@@H]1c1ccc(N(C(=O)OC(C)(C)C)C2CCCC2)nc1. The smallest absolute Gasteiger partial charge is 0.416 e. The van der Waals surface area contributed by atoms with Crippen molar-refractivity contribution < 1.29 is 9.53 Å². The molecule has 0 unspecified atom stereocenters. The van der Waals surface area contributed by atoms with E-state index in [1.54, 1.807) is 4.90 Å². The molecule has 2 aliphatic rings. The normalized spacial score (nSPS) is 21.9. The monoisotopic (exact) mass is 359 g/mol. The highest BCUT2D eigenvalue weighted by Gasteiger charge is 2.33. The number of rotatable bonds is 4. The Bertz CT molecular complexity index is 603. The molecule has 0 aromatic carbocycles. The third kappa shape index (κ3) is 4.37. The van der Waals surface area contributed by atoms with E-state index in [0.29, 0.717) is 6.04 Å². The molecule has 1 saturated carbocycles. The summed E-state index contributed by atoms with van der Waals surface area (Å²) in [6.45, 7) is 10.2. The van der Waals surface area contributed by atoms with E-state index >= 15 is 0 Å². The van der Waals surface area contributed by atoms with Crippen LogP contribution in [0.15, 0.2) is 18.3 Å². The lowest BCUT2D eigenvalue weighted by molar-refractivity contribution is 0.0564. The largest absolute Gasteiger partial charge is 0.443 e. The topological polar surface area (TPSA) is 45.7 Å². The molecule has 0 bridgehead atoms. The van der Waals surface area contributed by atoms with E-state index in [1.165, 1.54) is 18.4 Å². The van der Waals surface area contributed by atoms with Crippen LogP contribution in [-0.2, 0) is 4.74 Å². The van der Waals surface area contributed by atoms with Gasteiger partial charge >= 0.3 is 6.09 Å². The Hall–Kier alpha value is -1.62. The van der Waals surface area contributed by atoms with Gasteiger partial charge in [0.05, 0.1) is 0 Å². The van der Waals surface area contributed by atoms with Crippen LogP contribution in [0.5, 0.6) is 0 Å². The molecule has 144 valence electrons. The number of carbonyl (C=O) groups is 1. The van der Waals surface area contributed by atoms with E-state index in [9.17, 15) is 4.79 Å². The summed E-state index contributed by atoms with van der Waals surface area (Å²) in [7, 11) is 0. The fraction of sp³-hybridized carbons (Fsp3) is 0.714. The highest BCUT2D eigenvalue weighted by Crippen LogP contribution is 2.33. The molecule has 0 radical (unpaired) electrons. The quantitative estimate of drug-likeness (QED) is 0.765. The number of hydrogen-bond donors (Lipinski definition) is 0. The van der Waals surface area contributed by atoms with Crippen molar-refractivity contribution in [3.8, 4) is 0 Å². The standard InChI is InChI=1S/C21H33N3O2/c1-5-23-14-8-11-18(23)16-12-13-19(22-15-16)24(17-9-6-7-10-17)20(25)26-21(2,3)4/h12-13,15,17-18H,5-11,14H2,1-4H3/t18-/m1/s1. The molecule has 5 nitrogen and oxygen atoms in total. The van der Waals surface area contributed by atoms with Crippen molar-refractivity contribution in [2.75, 3.05) is 18.0 Å². The average molecular weight is 360 g/mol. The highest BCUT2D eigenvalue weighted by molar-refractivity contribution is 5.87. The predicted octanol–water partition coefficient (Wildman–Crippen LogP) is 4.92. The van der Waals surface area contributed by atoms with Gasteiger partial charge in [0.2, 0.25) is 0 Å². The van der Waals surface area contributed by atoms with Gasteiger partial charge in [-0.3, -0.25) is 9.80 Å². The van der Waals surface area contributed by atoms with Crippen LogP contribution in [0.1, 0.15) is 77.8 Å². The first kappa shape index (κ1) is 19.2. The van der Waals surface area contributed by atoms with Gasteiger partial charge < -0.3 is 4.74 Å². The lowest BCUT2D eigenvalue weighted by Crippen LogP contribution is -2.43. The van der Waals surface area contributed by atoms with E-state index in [0.717, 1.165) is 44.6 Å². The first-order chi connectivity index (χ1) is 12.4. The first-order valence-electron chi connectivity index (χ1n) is 10.1. The molecule has 0 N–H and O–H groups in total. The minimum absolute atomic E-state index is 0.196. The van der Waals surface area contributed by atoms with E-state index in [2.05, 4.69) is 22.9 Å². The Morgan fingerprint density at radius 2 is 1.96 bits per heavy atom. The summed E-state index contributed by atoms with van der Waals surface area (Å²) in [6.07, 6.45) is 8.48. The van der Waals surface area contributed by atoms with Crippen LogP contribution in [0, 0.1) is 0 Å². The molecule has 1 aromatic rings. The molecule has 1 atom stereocenters. The summed E-state index contributed by atoms with van der Waals surface area (Å²) in [5.41, 5.74) is 0.753. The number of nitrogens with zero attached hydrogens (tertiary/aromatic N) is 3. The van der Waals surface area contributed by atoms with Gasteiger partial charge in [-0.15, -0.1) is 0 Å². The van der Waals surface area contributed by atoms with Crippen LogP contribution in [0.2, 0.25) is 0 Å². The molecule has 1 saturated heterocycles. The summed E-state index contributed by atoms with van der Waals surface area (Å²) in [6, 6.07) is 4.81. The van der Waals surface area contributed by atoms with E-state index in [1.807, 2.05) is 33.0 Å². The number of carbonyl (C=O) groups excluding carboxylic acids is 1. The number of aromatic nitrogens is 1. The molecular weight excluding hydrogens is 326 g/mol. The minimum Gasteiger partial charge on any atom is -0.443 e. The molecule has 26 heavy (non-hydrogen) atoms. The zero-order chi connectivity index (χ0) is 18.7. The van der Waals surface area contributed by atoms with Crippen molar-refractivity contribution in [3.05, 3.63) is 23.9 Å². The molecule has 1 aliphatic heterocycles. The molecule has 1 aliphatic carbocycles. The number of amides is 1. The lowest BCUT2D eigenvalue weighted by atomic mass is 10.1. The Morgan fingerprint density at radius 1 is 1.23 bits per heavy atom. The average Bonchev–Trinajstić information content (AvgIpc) is 3.25. The Labute approximate surface area is 157 Å². The lowest BCUT2D eigenvalue weighted by Gasteiger charge is -2.31. The number of likely N-dealkylation sites (tertiary alicyclic amines) is 1. The Morgan fingerprint density at radius 3 is 2.54 bits per heavy atom. The maximum Gasteiger partial charge on any atom is 0.416 e. The molecule has 5 heteroatoms. The number of hydrogen-bond acceptors (Lipinski definition) is 4. The maximum absolute atomic E-state index is 12.8. The van der Waals surface area contributed by atoms with Crippen molar-refractivity contribution in [3.63, 3.8) is 0 Å². The maximum atomic E-state index is 12.8. The van der Waals surface area contributed by atoms with Gasteiger partial charge in [0.1, 0.15) is 11.4 Å². The molecule has 1 amide bonds. The number of anilines is 1. The van der Waals surface area contributed by atoms with Crippen molar-refractivity contribution in [1.82, 2.24) is 9.88 Å². The van der Waals surface area contributed by atoms with E-state index in [-0.39, 0.29) is 12.1 Å². The van der Waals surface area contributed by atoms with Gasteiger partial charge in [-0.1, -0.05) is 25.8 Å². The first-order valence-corrected chi connectivity index (χ1v) is 10.1. The van der Waals surface area contributed by atoms with Crippen LogP contribution in [0.4, 0.5) is 10.6 Å². The predicted molar refractivity (Wildman–Crippen MR) is 104 cm³/mol. The molecular formula is C21H33N3O2. The van der Waals surface area contributed by atoms with Gasteiger partial charge in [0.15, 0.2) is 0 Å². The summed E-state index contributed by atoms with van der Waals surface area (Å²) in [5, 5.41) is 0.